The Kier molecular flexibility index (Phi) is 4.35. The molecule has 142 valence electrons. The van der Waals surface area contributed by atoms with E-state index < -0.39 is 0 Å². The molecule has 0 bridgehead atoms. The van der Waals surface area contributed by atoms with Crippen LogP contribution in [0.2, 0.25) is 5.02 Å². The van der Waals surface area contributed by atoms with Crippen molar-refractivity contribution in [3.8, 4) is 0 Å². The average Bonchev–Trinajstić information content (AvgIpc) is 2.86. The lowest BCUT2D eigenvalue weighted by Crippen LogP contribution is -2.30. The van der Waals surface area contributed by atoms with E-state index in [2.05, 4.69) is 5.32 Å². The highest BCUT2D eigenvalue weighted by Gasteiger charge is 2.38. The smallest absolute Gasteiger partial charge is 0.266 e. The van der Waals surface area contributed by atoms with Gasteiger partial charge in [0.05, 0.1) is 22.5 Å². The Labute approximate surface area is 168 Å². The van der Waals surface area contributed by atoms with Crippen LogP contribution in [0.3, 0.4) is 0 Å². The number of rotatable bonds is 3. The Bertz CT molecular complexity index is 1020. The van der Waals surface area contributed by atoms with E-state index in [1.807, 2.05) is 13.8 Å². The van der Waals surface area contributed by atoms with Crippen molar-refractivity contribution in [2.24, 2.45) is 5.41 Å². The Morgan fingerprint density at radius 2 is 1.61 bits per heavy atom. The van der Waals surface area contributed by atoms with Gasteiger partial charge in [0.1, 0.15) is 0 Å². The van der Waals surface area contributed by atoms with Gasteiger partial charge in [0.15, 0.2) is 5.78 Å². The topological polar surface area (TPSA) is 66.5 Å². The summed E-state index contributed by atoms with van der Waals surface area (Å²) in [4.78, 5) is 39.0. The third-order valence-electron chi connectivity index (χ3n) is 4.95. The average molecular weight is 395 g/mol. The second-order valence-electron chi connectivity index (χ2n) is 7.93. The number of anilines is 2. The lowest BCUT2D eigenvalue weighted by Gasteiger charge is -2.30. The number of carbonyl (C=O) groups is 3. The predicted molar refractivity (Wildman–Crippen MR) is 109 cm³/mol. The second-order valence-corrected chi connectivity index (χ2v) is 8.37. The van der Waals surface area contributed by atoms with Crippen molar-refractivity contribution < 1.29 is 14.4 Å². The third kappa shape index (κ3) is 3.22. The van der Waals surface area contributed by atoms with Gasteiger partial charge in [0.2, 0.25) is 0 Å². The zero-order valence-electron chi connectivity index (χ0n) is 15.6. The molecule has 2 aromatic rings. The summed E-state index contributed by atoms with van der Waals surface area (Å²) in [5, 5.41) is 3.65. The molecule has 0 radical (unpaired) electrons. The van der Waals surface area contributed by atoms with Crippen molar-refractivity contribution in [1.82, 2.24) is 0 Å². The lowest BCUT2D eigenvalue weighted by atomic mass is 9.79. The number of amides is 2. The second kappa shape index (κ2) is 6.60. The molecule has 0 saturated heterocycles. The summed E-state index contributed by atoms with van der Waals surface area (Å²) < 4.78 is 0. The number of carbonyl (C=O) groups excluding carboxylic acids is 3. The van der Waals surface area contributed by atoms with Gasteiger partial charge in [-0.25, -0.2) is 4.90 Å². The standard InChI is InChI=1S/C22H19ClN2O3/c1-22(2)11-14(10-15(26)12-22)24-18-8-7-13(23)9-19(18)25-20(27)16-5-3-4-6-17(16)21(25)28/h3-10,24H,11-12H2,1-2H3. The molecule has 28 heavy (non-hydrogen) atoms. The van der Waals surface area contributed by atoms with Crippen molar-refractivity contribution in [1.29, 1.82) is 0 Å². The quantitative estimate of drug-likeness (QED) is 0.757. The van der Waals surface area contributed by atoms with Crippen LogP contribution in [0.1, 0.15) is 47.4 Å². The van der Waals surface area contributed by atoms with Crippen LogP contribution in [0.4, 0.5) is 11.4 Å². The van der Waals surface area contributed by atoms with E-state index >= 15 is 0 Å². The van der Waals surface area contributed by atoms with Gasteiger partial charge in [-0.1, -0.05) is 37.6 Å². The Hall–Kier alpha value is -2.92. The highest BCUT2D eigenvalue weighted by molar-refractivity contribution is 6.36. The summed E-state index contributed by atoms with van der Waals surface area (Å²) in [5.74, 6) is -0.727. The first-order valence-corrected chi connectivity index (χ1v) is 9.41. The van der Waals surface area contributed by atoms with Gasteiger partial charge < -0.3 is 5.32 Å². The zero-order chi connectivity index (χ0) is 20.1. The van der Waals surface area contributed by atoms with Gasteiger partial charge >= 0.3 is 0 Å². The SMILES string of the molecule is CC1(C)CC(=O)C=C(Nc2ccc(Cl)cc2N2C(=O)c3ccccc3C2=O)C1. The maximum absolute atomic E-state index is 12.9. The number of allylic oxidation sites excluding steroid dienone is 2. The fourth-order valence-corrected chi connectivity index (χ4v) is 3.97. The van der Waals surface area contributed by atoms with Gasteiger partial charge in [-0.2, -0.15) is 0 Å². The minimum absolute atomic E-state index is 0.0509. The molecule has 6 heteroatoms. The van der Waals surface area contributed by atoms with Gasteiger partial charge in [-0.3, -0.25) is 14.4 Å². The van der Waals surface area contributed by atoms with Crippen LogP contribution in [-0.4, -0.2) is 17.6 Å². The lowest BCUT2D eigenvalue weighted by molar-refractivity contribution is -0.117. The number of benzene rings is 2. The molecule has 1 heterocycles. The number of imide groups is 1. The van der Waals surface area contributed by atoms with Gasteiger partial charge in [0.25, 0.3) is 11.8 Å². The first kappa shape index (κ1) is 18.4. The van der Waals surface area contributed by atoms with E-state index in [1.165, 1.54) is 0 Å². The molecule has 0 saturated carbocycles. The largest absolute Gasteiger partial charge is 0.357 e. The fourth-order valence-electron chi connectivity index (χ4n) is 3.80. The Morgan fingerprint density at radius 3 is 2.21 bits per heavy atom. The number of hydrogen-bond donors (Lipinski definition) is 1. The molecule has 0 fully saturated rings. The Balaban J connectivity index is 1.74. The molecule has 0 aromatic heterocycles. The van der Waals surface area contributed by atoms with Gasteiger partial charge in [-0.15, -0.1) is 0 Å². The molecule has 1 aliphatic carbocycles. The maximum Gasteiger partial charge on any atom is 0.266 e. The summed E-state index contributed by atoms with van der Waals surface area (Å²) in [6, 6.07) is 11.7. The van der Waals surface area contributed by atoms with Crippen molar-refractivity contribution >= 4 is 40.6 Å². The Morgan fingerprint density at radius 1 is 0.964 bits per heavy atom. The first-order chi connectivity index (χ1) is 13.2. The molecule has 0 unspecified atom stereocenters. The maximum atomic E-state index is 12.9. The number of ketones is 1. The molecule has 2 aromatic carbocycles. The van der Waals surface area contributed by atoms with Crippen LogP contribution < -0.4 is 10.2 Å². The van der Waals surface area contributed by atoms with E-state index in [1.54, 1.807) is 48.5 Å². The highest BCUT2D eigenvalue weighted by atomic mass is 35.5. The molecule has 4 rings (SSSR count). The number of nitrogens with zero attached hydrogens (tertiary/aromatic N) is 1. The molecule has 5 nitrogen and oxygen atoms in total. The van der Waals surface area contributed by atoms with Crippen molar-refractivity contribution in [2.45, 2.75) is 26.7 Å². The van der Waals surface area contributed by atoms with E-state index in [4.69, 9.17) is 11.6 Å². The van der Waals surface area contributed by atoms with E-state index in [9.17, 15) is 14.4 Å². The van der Waals surface area contributed by atoms with Crippen LogP contribution in [-0.2, 0) is 4.79 Å². The molecule has 1 N–H and O–H groups in total. The minimum atomic E-state index is -0.389. The van der Waals surface area contributed by atoms with Crippen LogP contribution >= 0.6 is 11.6 Å². The molecule has 1 aliphatic heterocycles. The van der Waals surface area contributed by atoms with Crippen molar-refractivity contribution in [3.05, 3.63) is 70.4 Å². The highest BCUT2D eigenvalue weighted by Crippen LogP contribution is 2.39. The third-order valence-corrected chi connectivity index (χ3v) is 5.18. The summed E-state index contributed by atoms with van der Waals surface area (Å²) >= 11 is 6.17. The van der Waals surface area contributed by atoms with Gasteiger partial charge in [-0.05, 0) is 42.2 Å². The number of hydrogen-bond acceptors (Lipinski definition) is 4. The minimum Gasteiger partial charge on any atom is -0.357 e. The fraction of sp³-hybridized carbons (Fsp3) is 0.227. The van der Waals surface area contributed by atoms with Crippen LogP contribution in [0, 0.1) is 5.41 Å². The monoisotopic (exact) mass is 394 g/mol. The van der Waals surface area contributed by atoms with Gasteiger partial charge in [0, 0.05) is 23.2 Å². The summed E-state index contributed by atoms with van der Waals surface area (Å²) in [6.45, 7) is 4.07. The predicted octanol–water partition coefficient (Wildman–Crippen LogP) is 4.83. The van der Waals surface area contributed by atoms with Crippen molar-refractivity contribution in [2.75, 3.05) is 10.2 Å². The zero-order valence-corrected chi connectivity index (χ0v) is 16.3. The molecule has 2 aliphatic rings. The number of fused-ring (bicyclic) bond motifs is 1. The van der Waals surface area contributed by atoms with E-state index in [-0.39, 0.29) is 23.0 Å². The number of halogens is 1. The van der Waals surface area contributed by atoms with E-state index in [0.29, 0.717) is 40.4 Å². The van der Waals surface area contributed by atoms with Crippen molar-refractivity contribution in [3.63, 3.8) is 0 Å². The normalized spacial score (nSPS) is 18.2. The molecule has 2 amide bonds. The molecular formula is C22H19ClN2O3. The molecular weight excluding hydrogens is 376 g/mol. The summed E-state index contributed by atoms with van der Waals surface area (Å²) in [6.07, 6.45) is 2.76. The van der Waals surface area contributed by atoms with E-state index in [0.717, 1.165) is 10.6 Å². The number of nitrogens with one attached hydrogen (secondary N) is 1. The molecule has 0 atom stereocenters. The summed E-state index contributed by atoms with van der Waals surface area (Å²) in [5.41, 5.74) is 2.25. The van der Waals surface area contributed by atoms with Crippen LogP contribution in [0.15, 0.2) is 54.2 Å². The van der Waals surface area contributed by atoms with Crippen LogP contribution in [0.5, 0.6) is 0 Å². The molecule has 0 spiro atoms. The first-order valence-electron chi connectivity index (χ1n) is 9.03. The van der Waals surface area contributed by atoms with Crippen LogP contribution in [0.25, 0.3) is 0 Å². The summed E-state index contributed by atoms with van der Waals surface area (Å²) in [7, 11) is 0.